The Morgan fingerprint density at radius 1 is 1.31 bits per heavy atom. The van der Waals surface area contributed by atoms with Gasteiger partial charge in [0.2, 0.25) is 0 Å². The number of aromatic nitrogens is 1. The number of hydrogen-bond donors (Lipinski definition) is 2. The van der Waals surface area contributed by atoms with Gasteiger partial charge in [0, 0.05) is 30.1 Å². The van der Waals surface area contributed by atoms with Gasteiger partial charge in [-0.25, -0.2) is 4.79 Å². The molecule has 1 aromatic heterocycles. The van der Waals surface area contributed by atoms with Crippen LogP contribution < -0.4 is 10.5 Å². The molecule has 2 aromatic rings. The Morgan fingerprint density at radius 3 is 2.76 bits per heavy atom. The van der Waals surface area contributed by atoms with E-state index in [4.69, 9.17) is 38.2 Å². The number of benzene rings is 1. The Hall–Kier alpha value is -2.45. The first kappa shape index (κ1) is 19.8. The number of carboxylic acid groups (broad SMARTS) is 1. The molecule has 2 aliphatic rings. The number of amides is 2. The summed E-state index contributed by atoms with van der Waals surface area (Å²) in [6.07, 6.45) is 0.694. The standard InChI is InChI=1S/C19H19Cl2N3O5/c20-10-1-2-17(14(21)4-10)28-11-3-9-8-24(19(26)27)16(13(9)5-11)7-12-6-15(18(22)25)23-29-12/h1-2,4,6,9,11,13,16H,3,5,7-8H2,(H2,22,25)(H,26,27)/t9-,11-,13-,16?/m0/s1. The van der Waals surface area contributed by atoms with Crippen LogP contribution >= 0.6 is 23.2 Å². The zero-order chi connectivity index (χ0) is 20.7. The van der Waals surface area contributed by atoms with Crippen LogP contribution in [0.3, 0.4) is 0 Å². The fourth-order valence-corrected chi connectivity index (χ4v) is 4.92. The molecule has 0 radical (unpaired) electrons. The van der Waals surface area contributed by atoms with Gasteiger partial charge in [-0.05, 0) is 42.9 Å². The predicted octanol–water partition coefficient (Wildman–Crippen LogP) is 3.46. The van der Waals surface area contributed by atoms with Crippen LogP contribution in [0, 0.1) is 11.8 Å². The summed E-state index contributed by atoms with van der Waals surface area (Å²) in [4.78, 5) is 24.4. The van der Waals surface area contributed by atoms with Gasteiger partial charge in [-0.2, -0.15) is 0 Å². The number of primary amides is 1. The third-order valence-electron chi connectivity index (χ3n) is 5.69. The molecule has 2 heterocycles. The van der Waals surface area contributed by atoms with Gasteiger partial charge < -0.3 is 25.0 Å². The van der Waals surface area contributed by atoms with Crippen molar-refractivity contribution < 1.29 is 24.0 Å². The van der Waals surface area contributed by atoms with Gasteiger partial charge in [0.1, 0.15) is 11.5 Å². The van der Waals surface area contributed by atoms with Gasteiger partial charge in [0.15, 0.2) is 5.69 Å². The molecule has 1 aromatic carbocycles. The highest BCUT2D eigenvalue weighted by Crippen LogP contribution is 2.45. The Bertz CT molecular complexity index is 950. The van der Waals surface area contributed by atoms with Crippen molar-refractivity contribution in [3.05, 3.63) is 45.8 Å². The van der Waals surface area contributed by atoms with E-state index in [1.807, 2.05) is 0 Å². The van der Waals surface area contributed by atoms with Crippen LogP contribution in [0.2, 0.25) is 10.0 Å². The van der Waals surface area contributed by atoms with E-state index in [2.05, 4.69) is 5.16 Å². The molecule has 1 unspecified atom stereocenters. The first-order chi connectivity index (χ1) is 13.8. The highest BCUT2D eigenvalue weighted by molar-refractivity contribution is 6.35. The lowest BCUT2D eigenvalue weighted by molar-refractivity contribution is 0.0991. The number of halogens is 2. The minimum absolute atomic E-state index is 0.0291. The van der Waals surface area contributed by atoms with E-state index in [0.717, 1.165) is 6.42 Å². The molecular weight excluding hydrogens is 421 g/mol. The molecule has 1 aliphatic heterocycles. The minimum atomic E-state index is -0.975. The third kappa shape index (κ3) is 4.00. The molecule has 8 nitrogen and oxygen atoms in total. The van der Waals surface area contributed by atoms with Crippen LogP contribution in [-0.2, 0) is 6.42 Å². The monoisotopic (exact) mass is 439 g/mol. The van der Waals surface area contributed by atoms with E-state index < -0.39 is 12.0 Å². The lowest BCUT2D eigenvalue weighted by Crippen LogP contribution is -2.39. The summed E-state index contributed by atoms with van der Waals surface area (Å²) in [7, 11) is 0. The van der Waals surface area contributed by atoms with Gasteiger partial charge in [-0.3, -0.25) is 4.79 Å². The molecular formula is C19H19Cl2N3O5. The number of nitrogens with two attached hydrogens (primary N) is 1. The average molecular weight is 440 g/mol. The molecule has 1 saturated carbocycles. The second kappa shape index (κ2) is 7.76. The van der Waals surface area contributed by atoms with Gasteiger partial charge in [0.05, 0.1) is 11.1 Å². The maximum Gasteiger partial charge on any atom is 0.407 e. The Balaban J connectivity index is 1.48. The van der Waals surface area contributed by atoms with Crippen LogP contribution in [-0.4, -0.2) is 45.9 Å². The van der Waals surface area contributed by atoms with E-state index >= 15 is 0 Å². The van der Waals surface area contributed by atoms with Crippen LogP contribution in [0.5, 0.6) is 5.75 Å². The van der Waals surface area contributed by atoms with Crippen LogP contribution in [0.15, 0.2) is 28.8 Å². The fourth-order valence-electron chi connectivity index (χ4n) is 4.46. The maximum atomic E-state index is 11.7. The summed E-state index contributed by atoms with van der Waals surface area (Å²) >= 11 is 12.1. The predicted molar refractivity (Wildman–Crippen MR) is 104 cm³/mol. The summed E-state index contributed by atoms with van der Waals surface area (Å²) < 4.78 is 11.3. The van der Waals surface area contributed by atoms with Crippen molar-refractivity contribution in [3.63, 3.8) is 0 Å². The largest absolute Gasteiger partial charge is 0.489 e. The van der Waals surface area contributed by atoms with E-state index in [1.165, 1.54) is 11.0 Å². The van der Waals surface area contributed by atoms with Gasteiger partial charge in [-0.15, -0.1) is 0 Å². The number of carbonyl (C=O) groups excluding carboxylic acids is 1. The first-order valence-corrected chi connectivity index (χ1v) is 9.94. The third-order valence-corrected chi connectivity index (χ3v) is 6.22. The summed E-state index contributed by atoms with van der Waals surface area (Å²) in [5.74, 6) is 0.582. The molecule has 0 spiro atoms. The quantitative estimate of drug-likeness (QED) is 0.735. The molecule has 154 valence electrons. The molecule has 4 rings (SSSR count). The zero-order valence-corrected chi connectivity index (χ0v) is 16.8. The van der Waals surface area contributed by atoms with E-state index in [9.17, 15) is 14.7 Å². The summed E-state index contributed by atoms with van der Waals surface area (Å²) in [6.45, 7) is 0.426. The number of nitrogens with zero attached hydrogens (tertiary/aromatic N) is 2. The Labute approximate surface area is 176 Å². The van der Waals surface area contributed by atoms with Crippen LogP contribution in [0.25, 0.3) is 0 Å². The molecule has 29 heavy (non-hydrogen) atoms. The summed E-state index contributed by atoms with van der Waals surface area (Å²) in [5.41, 5.74) is 5.24. The number of rotatable bonds is 5. The van der Waals surface area contributed by atoms with Crippen LogP contribution in [0.4, 0.5) is 4.79 Å². The van der Waals surface area contributed by atoms with Crippen molar-refractivity contribution in [2.24, 2.45) is 17.6 Å². The van der Waals surface area contributed by atoms with Gasteiger partial charge >= 0.3 is 6.09 Å². The molecule has 10 heteroatoms. The normalized spacial score (nSPS) is 25.8. The lowest BCUT2D eigenvalue weighted by atomic mass is 9.91. The van der Waals surface area contributed by atoms with Crippen molar-refractivity contribution in [2.75, 3.05) is 6.54 Å². The van der Waals surface area contributed by atoms with Gasteiger partial charge in [-0.1, -0.05) is 28.4 Å². The maximum absolute atomic E-state index is 11.7. The Morgan fingerprint density at radius 2 is 2.10 bits per heavy atom. The number of carbonyl (C=O) groups is 2. The van der Waals surface area contributed by atoms with Crippen molar-refractivity contribution in [1.29, 1.82) is 0 Å². The second-order valence-corrected chi connectivity index (χ2v) is 8.30. The molecule has 0 bridgehead atoms. The number of fused-ring (bicyclic) bond motifs is 1. The number of ether oxygens (including phenoxy) is 1. The summed E-state index contributed by atoms with van der Waals surface area (Å²) in [6, 6.07) is 6.25. The van der Waals surface area contributed by atoms with E-state index in [0.29, 0.717) is 40.9 Å². The van der Waals surface area contributed by atoms with Gasteiger partial charge in [0.25, 0.3) is 5.91 Å². The van der Waals surface area contributed by atoms with E-state index in [-0.39, 0.29) is 29.7 Å². The topological polar surface area (TPSA) is 119 Å². The van der Waals surface area contributed by atoms with Crippen molar-refractivity contribution in [1.82, 2.24) is 10.1 Å². The second-order valence-electron chi connectivity index (χ2n) is 7.46. The average Bonchev–Trinajstić information content (AvgIpc) is 3.33. The SMILES string of the molecule is NC(=O)c1cc(CC2[C@H]3C[C@@H](Oc4ccc(Cl)cc4Cl)C[C@H]3CN2C(=O)O)on1. The number of likely N-dealkylation sites (tertiary alicyclic amines) is 1. The van der Waals surface area contributed by atoms with Crippen molar-refractivity contribution >= 4 is 35.2 Å². The first-order valence-electron chi connectivity index (χ1n) is 9.18. The fraction of sp³-hybridized carbons (Fsp3) is 0.421. The molecule has 1 saturated heterocycles. The van der Waals surface area contributed by atoms with Crippen LogP contribution in [0.1, 0.15) is 29.1 Å². The zero-order valence-electron chi connectivity index (χ0n) is 15.3. The smallest absolute Gasteiger partial charge is 0.407 e. The minimum Gasteiger partial charge on any atom is -0.489 e. The Kier molecular flexibility index (Phi) is 5.31. The molecule has 1 aliphatic carbocycles. The van der Waals surface area contributed by atoms with Crippen molar-refractivity contribution in [3.8, 4) is 5.75 Å². The molecule has 3 N–H and O–H groups in total. The summed E-state index contributed by atoms with van der Waals surface area (Å²) in [5, 5.41) is 14.2. The lowest BCUT2D eigenvalue weighted by Gasteiger charge is -2.26. The highest BCUT2D eigenvalue weighted by Gasteiger charge is 2.50. The van der Waals surface area contributed by atoms with Crippen molar-refractivity contribution in [2.45, 2.75) is 31.4 Å². The highest BCUT2D eigenvalue weighted by atomic mass is 35.5. The molecule has 4 atom stereocenters. The van der Waals surface area contributed by atoms with E-state index in [1.54, 1.807) is 18.2 Å². The molecule has 2 amide bonds. The molecule has 2 fully saturated rings. The number of hydrogen-bond acceptors (Lipinski definition) is 5.